The summed E-state index contributed by atoms with van der Waals surface area (Å²) >= 11 is 0. The number of nitrogens with two attached hydrogens (primary N) is 1. The van der Waals surface area contributed by atoms with Gasteiger partial charge in [-0.2, -0.15) is 0 Å². The van der Waals surface area contributed by atoms with Gasteiger partial charge in [-0.05, 0) is 25.0 Å². The van der Waals surface area contributed by atoms with E-state index in [4.69, 9.17) is 5.73 Å². The van der Waals surface area contributed by atoms with Crippen LogP contribution in [0.3, 0.4) is 0 Å². The lowest BCUT2D eigenvalue weighted by Gasteiger charge is -2.14. The van der Waals surface area contributed by atoms with E-state index in [2.05, 4.69) is 11.9 Å². The fourth-order valence-electron chi connectivity index (χ4n) is 1.40. The highest BCUT2D eigenvalue weighted by Crippen LogP contribution is 2.02. The normalized spacial score (nSPS) is 11.5. The molecule has 0 heterocycles. The predicted molar refractivity (Wildman–Crippen MR) is 66.3 cm³/mol. The quantitative estimate of drug-likeness (QED) is 0.724. The summed E-state index contributed by atoms with van der Waals surface area (Å²) in [5, 5.41) is 2.61. The molecule has 4 heteroatoms. The maximum absolute atomic E-state index is 11.8. The van der Waals surface area contributed by atoms with Crippen LogP contribution in [-0.4, -0.2) is 17.9 Å². The molecule has 0 radical (unpaired) electrons. The number of benzene rings is 1. The van der Waals surface area contributed by atoms with E-state index in [0.29, 0.717) is 18.4 Å². The first kappa shape index (κ1) is 13.0. The second kappa shape index (κ2) is 6.48. The number of primary amides is 1. The van der Waals surface area contributed by atoms with Crippen molar-refractivity contribution in [1.29, 1.82) is 0 Å². The molecule has 1 aromatic rings. The monoisotopic (exact) mass is 232 g/mol. The van der Waals surface area contributed by atoms with Gasteiger partial charge < -0.3 is 11.1 Å². The summed E-state index contributed by atoms with van der Waals surface area (Å²) in [6.07, 6.45) is 2.78. The van der Waals surface area contributed by atoms with E-state index in [1.165, 1.54) is 0 Å². The summed E-state index contributed by atoms with van der Waals surface area (Å²) in [4.78, 5) is 22.9. The Balaban J connectivity index is 2.64. The minimum Gasteiger partial charge on any atom is -0.368 e. The Labute approximate surface area is 101 Å². The van der Waals surface area contributed by atoms with Crippen LogP contribution in [0.1, 0.15) is 23.2 Å². The van der Waals surface area contributed by atoms with E-state index in [9.17, 15) is 9.59 Å². The minimum atomic E-state index is -0.652. The standard InChI is InChI=1S/C13H16N2O2/c1-2-3-9-11(12(14)16)15-13(17)10-7-5-4-6-8-10/h2,4-8,11H,1,3,9H2,(H2,14,16)(H,15,17)/t11-/m0/s1. The van der Waals surface area contributed by atoms with Crippen molar-refractivity contribution in [1.82, 2.24) is 5.32 Å². The molecular weight excluding hydrogens is 216 g/mol. The molecule has 1 atom stereocenters. The van der Waals surface area contributed by atoms with Crippen molar-refractivity contribution in [2.75, 3.05) is 0 Å². The van der Waals surface area contributed by atoms with Crippen LogP contribution in [0.4, 0.5) is 0 Å². The van der Waals surface area contributed by atoms with Crippen molar-refractivity contribution in [3.05, 3.63) is 48.6 Å². The second-order valence-electron chi connectivity index (χ2n) is 3.66. The molecule has 0 aliphatic rings. The number of rotatable bonds is 6. The van der Waals surface area contributed by atoms with Gasteiger partial charge >= 0.3 is 0 Å². The van der Waals surface area contributed by atoms with Crippen molar-refractivity contribution in [2.24, 2.45) is 5.73 Å². The van der Waals surface area contributed by atoms with E-state index in [1.807, 2.05) is 6.07 Å². The molecular formula is C13H16N2O2. The number of carbonyl (C=O) groups is 2. The average molecular weight is 232 g/mol. The van der Waals surface area contributed by atoms with Gasteiger partial charge in [0.1, 0.15) is 6.04 Å². The zero-order valence-electron chi connectivity index (χ0n) is 9.56. The summed E-state index contributed by atoms with van der Waals surface area (Å²) < 4.78 is 0. The highest BCUT2D eigenvalue weighted by Gasteiger charge is 2.17. The van der Waals surface area contributed by atoms with Crippen LogP contribution >= 0.6 is 0 Å². The van der Waals surface area contributed by atoms with Crippen molar-refractivity contribution in [2.45, 2.75) is 18.9 Å². The van der Waals surface area contributed by atoms with E-state index in [1.54, 1.807) is 30.3 Å². The average Bonchev–Trinajstić information content (AvgIpc) is 2.35. The zero-order chi connectivity index (χ0) is 12.7. The van der Waals surface area contributed by atoms with Crippen LogP contribution < -0.4 is 11.1 Å². The number of nitrogens with one attached hydrogen (secondary N) is 1. The Morgan fingerprint density at radius 2 is 2.00 bits per heavy atom. The maximum atomic E-state index is 11.8. The Hall–Kier alpha value is -2.10. The Morgan fingerprint density at radius 3 is 2.53 bits per heavy atom. The summed E-state index contributed by atoms with van der Waals surface area (Å²) in [7, 11) is 0. The van der Waals surface area contributed by atoms with E-state index >= 15 is 0 Å². The van der Waals surface area contributed by atoms with Gasteiger partial charge in [-0.15, -0.1) is 6.58 Å². The molecule has 0 fully saturated rings. The van der Waals surface area contributed by atoms with Crippen LogP contribution in [0.2, 0.25) is 0 Å². The van der Waals surface area contributed by atoms with E-state index < -0.39 is 11.9 Å². The van der Waals surface area contributed by atoms with Crippen LogP contribution in [0.25, 0.3) is 0 Å². The van der Waals surface area contributed by atoms with Gasteiger partial charge in [-0.1, -0.05) is 24.3 Å². The number of hydrogen-bond acceptors (Lipinski definition) is 2. The lowest BCUT2D eigenvalue weighted by atomic mass is 10.1. The first-order valence-corrected chi connectivity index (χ1v) is 5.41. The lowest BCUT2D eigenvalue weighted by Crippen LogP contribution is -2.44. The third-order valence-electron chi connectivity index (χ3n) is 2.34. The third kappa shape index (κ3) is 4.10. The van der Waals surface area contributed by atoms with Crippen LogP contribution in [0.5, 0.6) is 0 Å². The van der Waals surface area contributed by atoms with Crippen molar-refractivity contribution >= 4 is 11.8 Å². The van der Waals surface area contributed by atoms with Gasteiger partial charge in [0.05, 0.1) is 0 Å². The summed E-state index contributed by atoms with van der Waals surface area (Å²) in [6.45, 7) is 3.56. The highest BCUT2D eigenvalue weighted by molar-refractivity contribution is 5.97. The fourth-order valence-corrected chi connectivity index (χ4v) is 1.40. The Kier molecular flexibility index (Phi) is 4.94. The van der Waals surface area contributed by atoms with Crippen LogP contribution in [0, 0.1) is 0 Å². The number of hydrogen-bond donors (Lipinski definition) is 2. The minimum absolute atomic E-state index is 0.293. The topological polar surface area (TPSA) is 72.2 Å². The molecule has 3 N–H and O–H groups in total. The molecule has 2 amide bonds. The highest BCUT2D eigenvalue weighted by atomic mass is 16.2. The molecule has 0 saturated carbocycles. The molecule has 0 saturated heterocycles. The molecule has 1 rings (SSSR count). The molecule has 0 spiro atoms. The molecule has 1 aromatic carbocycles. The summed E-state index contributed by atoms with van der Waals surface area (Å²) in [5.41, 5.74) is 5.73. The first-order valence-electron chi connectivity index (χ1n) is 5.41. The maximum Gasteiger partial charge on any atom is 0.251 e. The molecule has 0 unspecified atom stereocenters. The molecule has 0 bridgehead atoms. The van der Waals surface area contributed by atoms with Crippen molar-refractivity contribution < 1.29 is 9.59 Å². The number of amides is 2. The SMILES string of the molecule is C=CCC[C@H](NC(=O)c1ccccc1)C(N)=O. The summed E-state index contributed by atoms with van der Waals surface area (Å²) in [5.74, 6) is -0.824. The summed E-state index contributed by atoms with van der Waals surface area (Å²) in [6, 6.07) is 8.05. The second-order valence-corrected chi connectivity index (χ2v) is 3.66. The first-order chi connectivity index (χ1) is 8.15. The predicted octanol–water partition coefficient (Wildman–Crippen LogP) is 1.24. The van der Waals surface area contributed by atoms with Gasteiger partial charge in [-0.25, -0.2) is 0 Å². The van der Waals surface area contributed by atoms with Gasteiger partial charge in [-0.3, -0.25) is 9.59 Å². The third-order valence-corrected chi connectivity index (χ3v) is 2.34. The molecule has 90 valence electrons. The van der Waals surface area contributed by atoms with Gasteiger partial charge in [0.2, 0.25) is 5.91 Å². The largest absolute Gasteiger partial charge is 0.368 e. The lowest BCUT2D eigenvalue weighted by molar-refractivity contribution is -0.119. The van der Waals surface area contributed by atoms with Crippen LogP contribution in [0.15, 0.2) is 43.0 Å². The van der Waals surface area contributed by atoms with Crippen molar-refractivity contribution in [3.8, 4) is 0 Å². The Morgan fingerprint density at radius 1 is 1.35 bits per heavy atom. The molecule has 0 aromatic heterocycles. The van der Waals surface area contributed by atoms with Crippen molar-refractivity contribution in [3.63, 3.8) is 0 Å². The molecule has 0 aliphatic heterocycles. The van der Waals surface area contributed by atoms with E-state index in [0.717, 1.165) is 0 Å². The Bertz CT molecular complexity index is 401. The van der Waals surface area contributed by atoms with Gasteiger partial charge in [0, 0.05) is 5.56 Å². The molecule has 4 nitrogen and oxygen atoms in total. The smallest absolute Gasteiger partial charge is 0.251 e. The fraction of sp³-hybridized carbons (Fsp3) is 0.231. The number of allylic oxidation sites excluding steroid dienone is 1. The van der Waals surface area contributed by atoms with E-state index in [-0.39, 0.29) is 5.91 Å². The van der Waals surface area contributed by atoms with Crippen LogP contribution in [-0.2, 0) is 4.79 Å². The molecule has 0 aliphatic carbocycles. The molecule has 17 heavy (non-hydrogen) atoms. The number of carbonyl (C=O) groups excluding carboxylic acids is 2. The van der Waals surface area contributed by atoms with Gasteiger partial charge in [0.15, 0.2) is 0 Å². The zero-order valence-corrected chi connectivity index (χ0v) is 9.56. The van der Waals surface area contributed by atoms with Gasteiger partial charge in [0.25, 0.3) is 5.91 Å².